The Bertz CT molecular complexity index is 1120. The molecular formula is C36H52O4Si. The number of rotatable bonds is 9. The molecule has 1 saturated carbocycles. The highest BCUT2D eigenvalue weighted by atomic mass is 28.4. The molecule has 2 aromatic rings. The highest BCUT2D eigenvalue weighted by molar-refractivity contribution is 6.99. The van der Waals surface area contributed by atoms with Gasteiger partial charge in [-0.2, -0.15) is 0 Å². The molecule has 0 bridgehead atoms. The molecule has 5 rings (SSSR count). The van der Waals surface area contributed by atoms with Crippen molar-refractivity contribution in [2.45, 2.75) is 96.8 Å². The second kappa shape index (κ2) is 12.1. The van der Waals surface area contributed by atoms with Crippen molar-refractivity contribution in [1.29, 1.82) is 0 Å². The largest absolute Gasteiger partial charge is 0.407 e. The molecule has 4 nitrogen and oxygen atoms in total. The fraction of sp³-hybridized carbons (Fsp3) is 0.611. The normalized spacial score (nSPS) is 26.2. The molecule has 0 aromatic heterocycles. The zero-order valence-corrected chi connectivity index (χ0v) is 27.1. The van der Waals surface area contributed by atoms with Gasteiger partial charge in [0.15, 0.2) is 5.79 Å². The van der Waals surface area contributed by atoms with Crippen molar-refractivity contribution in [2.75, 3.05) is 26.4 Å². The van der Waals surface area contributed by atoms with E-state index in [1.807, 2.05) is 0 Å². The smallest absolute Gasteiger partial charge is 0.261 e. The SMILES string of the molecule is CC1=CCC[C@](C)(C2(CCO[Si](c3ccccc3)(c3ccccc3)C(C)(C)C)CCC3(CC2)OCCO3)[C@H]1CCO. The van der Waals surface area contributed by atoms with Crippen molar-refractivity contribution in [2.24, 2.45) is 16.7 Å². The summed E-state index contributed by atoms with van der Waals surface area (Å²) in [6, 6.07) is 22.0. The van der Waals surface area contributed by atoms with E-state index in [1.165, 1.54) is 15.9 Å². The Morgan fingerprint density at radius 3 is 1.95 bits per heavy atom. The van der Waals surface area contributed by atoms with Crippen molar-refractivity contribution in [3.05, 3.63) is 72.3 Å². The fourth-order valence-corrected chi connectivity index (χ4v) is 13.5. The van der Waals surface area contributed by atoms with E-state index in [9.17, 15) is 5.11 Å². The van der Waals surface area contributed by atoms with E-state index in [0.29, 0.717) is 19.1 Å². The predicted octanol–water partition coefficient (Wildman–Crippen LogP) is 7.00. The lowest BCUT2D eigenvalue weighted by molar-refractivity contribution is -0.210. The van der Waals surface area contributed by atoms with Gasteiger partial charge in [0.2, 0.25) is 0 Å². The van der Waals surface area contributed by atoms with Crippen molar-refractivity contribution in [1.82, 2.24) is 0 Å². The van der Waals surface area contributed by atoms with Crippen LogP contribution in [0.5, 0.6) is 0 Å². The molecule has 1 spiro atoms. The van der Waals surface area contributed by atoms with Gasteiger partial charge in [0, 0.05) is 26.1 Å². The van der Waals surface area contributed by atoms with Crippen LogP contribution in [0.3, 0.4) is 0 Å². The Hall–Kier alpha value is -1.76. The van der Waals surface area contributed by atoms with E-state index in [0.717, 1.165) is 58.0 Å². The summed E-state index contributed by atoms with van der Waals surface area (Å²) in [6.45, 7) is 14.3. The predicted molar refractivity (Wildman–Crippen MR) is 170 cm³/mol. The Morgan fingerprint density at radius 1 is 0.878 bits per heavy atom. The van der Waals surface area contributed by atoms with Gasteiger partial charge in [-0.05, 0) is 77.6 Å². The van der Waals surface area contributed by atoms with Gasteiger partial charge in [0.25, 0.3) is 8.32 Å². The molecular weight excluding hydrogens is 524 g/mol. The van der Waals surface area contributed by atoms with Gasteiger partial charge in [0.1, 0.15) is 0 Å². The average Bonchev–Trinajstić information content (AvgIpc) is 3.43. The van der Waals surface area contributed by atoms with Crippen LogP contribution in [-0.4, -0.2) is 45.6 Å². The minimum atomic E-state index is -2.62. The minimum absolute atomic E-state index is 0.0431. The molecule has 1 N–H and O–H groups in total. The van der Waals surface area contributed by atoms with Crippen molar-refractivity contribution >= 4 is 18.7 Å². The molecule has 2 aliphatic carbocycles. The van der Waals surface area contributed by atoms with E-state index in [1.54, 1.807) is 0 Å². The summed E-state index contributed by atoms with van der Waals surface area (Å²) in [6.07, 6.45) is 10.6. The number of aliphatic hydroxyl groups excluding tert-OH is 1. The topological polar surface area (TPSA) is 47.9 Å². The zero-order chi connectivity index (χ0) is 29.2. The van der Waals surface area contributed by atoms with E-state index >= 15 is 0 Å². The maximum absolute atomic E-state index is 10.2. The van der Waals surface area contributed by atoms with Crippen LogP contribution >= 0.6 is 0 Å². The second-order valence-electron chi connectivity index (χ2n) is 14.1. The van der Waals surface area contributed by atoms with Gasteiger partial charge in [-0.1, -0.05) is 100 Å². The summed E-state index contributed by atoms with van der Waals surface area (Å²) in [7, 11) is -2.62. The van der Waals surface area contributed by atoms with Crippen molar-refractivity contribution < 1.29 is 19.0 Å². The molecule has 2 fully saturated rings. The lowest BCUT2D eigenvalue weighted by Crippen LogP contribution is -2.66. The first-order valence-electron chi connectivity index (χ1n) is 15.9. The Labute approximate surface area is 249 Å². The van der Waals surface area contributed by atoms with Crippen LogP contribution < -0.4 is 10.4 Å². The summed E-state index contributed by atoms with van der Waals surface area (Å²) in [4.78, 5) is 0. The first-order valence-corrected chi connectivity index (χ1v) is 17.8. The quantitative estimate of drug-likeness (QED) is 0.258. The molecule has 41 heavy (non-hydrogen) atoms. The molecule has 0 radical (unpaired) electrons. The summed E-state index contributed by atoms with van der Waals surface area (Å²) >= 11 is 0. The summed E-state index contributed by atoms with van der Waals surface area (Å²) in [5.74, 6) is -0.0151. The molecule has 2 atom stereocenters. The van der Waals surface area contributed by atoms with E-state index in [-0.39, 0.29) is 22.5 Å². The van der Waals surface area contributed by atoms with Gasteiger partial charge in [-0.15, -0.1) is 0 Å². The molecule has 0 amide bonds. The molecule has 5 heteroatoms. The fourth-order valence-electron chi connectivity index (χ4n) is 8.89. The second-order valence-corrected chi connectivity index (χ2v) is 18.4. The Kier molecular flexibility index (Phi) is 9.04. The third-order valence-corrected chi connectivity index (χ3v) is 16.2. The van der Waals surface area contributed by atoms with E-state index in [2.05, 4.69) is 101 Å². The maximum atomic E-state index is 10.2. The van der Waals surface area contributed by atoms with Gasteiger partial charge in [-0.3, -0.25) is 0 Å². The monoisotopic (exact) mass is 576 g/mol. The molecule has 1 heterocycles. The number of benzene rings is 2. The van der Waals surface area contributed by atoms with Gasteiger partial charge < -0.3 is 19.0 Å². The first kappa shape index (κ1) is 30.7. The molecule has 2 aromatic carbocycles. The number of allylic oxidation sites excluding steroid dienone is 2. The molecule has 224 valence electrons. The number of aliphatic hydroxyl groups is 1. The Morgan fingerprint density at radius 2 is 1.44 bits per heavy atom. The van der Waals surface area contributed by atoms with Crippen LogP contribution in [0.1, 0.15) is 86.0 Å². The molecule has 1 aliphatic heterocycles. The van der Waals surface area contributed by atoms with Crippen LogP contribution in [-0.2, 0) is 13.9 Å². The van der Waals surface area contributed by atoms with Crippen LogP contribution in [0.15, 0.2) is 72.3 Å². The van der Waals surface area contributed by atoms with E-state index in [4.69, 9.17) is 13.9 Å². The highest BCUT2D eigenvalue weighted by Gasteiger charge is 2.57. The first-order chi connectivity index (χ1) is 19.6. The van der Waals surface area contributed by atoms with Crippen molar-refractivity contribution in [3.8, 4) is 0 Å². The number of ether oxygens (including phenoxy) is 2. The lowest BCUT2D eigenvalue weighted by Gasteiger charge is -2.59. The number of hydrogen-bond donors (Lipinski definition) is 1. The Balaban J connectivity index is 1.51. The highest BCUT2D eigenvalue weighted by Crippen LogP contribution is 2.63. The standard InChI is InChI=1S/C36H52O4Si/c1-29-13-12-19-34(5,32(29)18-25-37)35(20-22-36(23-21-35)38-27-28-39-36)24-26-40-41(33(2,3)4,30-14-8-6-9-15-30)31-16-10-7-11-17-31/h6-11,13-17,32,37H,12,18-28H2,1-5H3/t32-,34-/m0/s1. The van der Waals surface area contributed by atoms with E-state index < -0.39 is 14.1 Å². The summed E-state index contributed by atoms with van der Waals surface area (Å²) in [5.41, 5.74) is 1.63. The van der Waals surface area contributed by atoms with Crippen LogP contribution in [0.2, 0.25) is 5.04 Å². The number of hydrogen-bond acceptors (Lipinski definition) is 4. The van der Waals surface area contributed by atoms with Gasteiger partial charge >= 0.3 is 0 Å². The molecule has 3 aliphatic rings. The third-order valence-electron chi connectivity index (χ3n) is 11.2. The van der Waals surface area contributed by atoms with Crippen LogP contribution in [0, 0.1) is 16.7 Å². The van der Waals surface area contributed by atoms with Gasteiger partial charge in [0.05, 0.1) is 13.2 Å². The van der Waals surface area contributed by atoms with Crippen LogP contribution in [0.4, 0.5) is 0 Å². The molecule has 0 unspecified atom stereocenters. The van der Waals surface area contributed by atoms with Gasteiger partial charge in [-0.25, -0.2) is 0 Å². The summed E-state index contributed by atoms with van der Waals surface area (Å²) in [5, 5.41) is 12.8. The third kappa shape index (κ3) is 5.54. The zero-order valence-electron chi connectivity index (χ0n) is 26.1. The lowest BCUT2D eigenvalue weighted by atomic mass is 9.47. The minimum Gasteiger partial charge on any atom is -0.407 e. The maximum Gasteiger partial charge on any atom is 0.261 e. The van der Waals surface area contributed by atoms with Crippen LogP contribution in [0.25, 0.3) is 0 Å². The molecule has 1 saturated heterocycles. The summed E-state index contributed by atoms with van der Waals surface area (Å²) < 4.78 is 19.9. The van der Waals surface area contributed by atoms with Crippen molar-refractivity contribution in [3.63, 3.8) is 0 Å². The average molecular weight is 577 g/mol.